The van der Waals surface area contributed by atoms with E-state index in [-0.39, 0.29) is 11.0 Å². The molecule has 0 unspecified atom stereocenters. The maximum atomic E-state index is 12.6. The summed E-state index contributed by atoms with van der Waals surface area (Å²) in [6.45, 7) is 0.505. The van der Waals surface area contributed by atoms with Crippen LogP contribution in [0.3, 0.4) is 0 Å². The molecule has 2 amide bonds. The summed E-state index contributed by atoms with van der Waals surface area (Å²) in [5.74, 6) is -0.655. The molecule has 0 saturated heterocycles. The summed E-state index contributed by atoms with van der Waals surface area (Å²) in [7, 11) is 0. The van der Waals surface area contributed by atoms with Crippen LogP contribution in [-0.4, -0.2) is 23.5 Å². The third-order valence-electron chi connectivity index (χ3n) is 4.31. The van der Waals surface area contributed by atoms with Crippen molar-refractivity contribution >= 4 is 46.4 Å². The Morgan fingerprint density at radius 2 is 1.43 bits per heavy atom. The third kappa shape index (κ3) is 5.89. The Labute approximate surface area is 185 Å². The van der Waals surface area contributed by atoms with Crippen LogP contribution in [0.5, 0.6) is 0 Å². The molecule has 0 aromatic heterocycles. The molecule has 3 aromatic rings. The van der Waals surface area contributed by atoms with E-state index in [0.717, 1.165) is 12.0 Å². The second-order valence-electron chi connectivity index (χ2n) is 6.43. The predicted octanol–water partition coefficient (Wildman–Crippen LogP) is 4.44. The molecule has 3 aromatic carbocycles. The average Bonchev–Trinajstić information content (AvgIpc) is 2.75. The van der Waals surface area contributed by atoms with Crippen LogP contribution < -0.4 is 16.0 Å². The summed E-state index contributed by atoms with van der Waals surface area (Å²) >= 11 is 11.3. The third-order valence-corrected chi connectivity index (χ3v) is 4.84. The highest BCUT2D eigenvalue weighted by molar-refractivity contribution is 7.80. The zero-order chi connectivity index (χ0) is 21.3. The number of anilines is 1. The van der Waals surface area contributed by atoms with Crippen LogP contribution in [0.1, 0.15) is 26.3 Å². The first kappa shape index (κ1) is 21.5. The number of thiocarbonyl (C=S) groups is 1. The van der Waals surface area contributed by atoms with Gasteiger partial charge in [0.05, 0.1) is 21.8 Å². The van der Waals surface area contributed by atoms with Gasteiger partial charge >= 0.3 is 0 Å². The Morgan fingerprint density at radius 1 is 0.800 bits per heavy atom. The molecule has 3 N–H and O–H groups in total. The fraction of sp³-hybridized carbons (Fsp3) is 0.0870. The molecule has 0 atom stereocenters. The van der Waals surface area contributed by atoms with E-state index >= 15 is 0 Å². The Morgan fingerprint density at radius 3 is 2.17 bits per heavy atom. The minimum Gasteiger partial charge on any atom is -0.352 e. The van der Waals surface area contributed by atoms with E-state index < -0.39 is 5.91 Å². The molecule has 0 saturated carbocycles. The normalized spacial score (nSPS) is 10.2. The number of benzene rings is 3. The molecule has 0 spiro atoms. The molecule has 7 heteroatoms. The predicted molar refractivity (Wildman–Crippen MR) is 124 cm³/mol. The molecule has 0 fully saturated rings. The molecular formula is C23H20ClN3O2S. The topological polar surface area (TPSA) is 70.2 Å². The number of rotatable bonds is 6. The summed E-state index contributed by atoms with van der Waals surface area (Å²) in [5.41, 5.74) is 2.39. The second kappa shape index (κ2) is 10.5. The van der Waals surface area contributed by atoms with Crippen molar-refractivity contribution in [1.82, 2.24) is 10.6 Å². The maximum Gasteiger partial charge on any atom is 0.258 e. The highest BCUT2D eigenvalue weighted by Gasteiger charge is 2.14. The van der Waals surface area contributed by atoms with E-state index in [1.807, 2.05) is 30.3 Å². The van der Waals surface area contributed by atoms with E-state index in [4.69, 9.17) is 23.8 Å². The van der Waals surface area contributed by atoms with Gasteiger partial charge in [-0.15, -0.1) is 0 Å². The van der Waals surface area contributed by atoms with Crippen molar-refractivity contribution < 1.29 is 9.59 Å². The van der Waals surface area contributed by atoms with Gasteiger partial charge in [-0.3, -0.25) is 14.9 Å². The van der Waals surface area contributed by atoms with Crippen molar-refractivity contribution in [3.05, 3.63) is 101 Å². The van der Waals surface area contributed by atoms with Gasteiger partial charge in [-0.05, 0) is 48.5 Å². The number of amides is 2. The number of hydrogen-bond donors (Lipinski definition) is 3. The van der Waals surface area contributed by atoms with E-state index in [2.05, 4.69) is 16.0 Å². The summed E-state index contributed by atoms with van der Waals surface area (Å²) in [4.78, 5) is 25.0. The molecule has 0 bridgehead atoms. The molecular weight excluding hydrogens is 418 g/mol. The maximum absolute atomic E-state index is 12.6. The van der Waals surface area contributed by atoms with Gasteiger partial charge in [0.25, 0.3) is 11.8 Å². The number of carbonyl (C=O) groups is 2. The molecule has 0 aliphatic rings. The van der Waals surface area contributed by atoms with Crippen molar-refractivity contribution in [2.24, 2.45) is 0 Å². The van der Waals surface area contributed by atoms with Gasteiger partial charge in [0.1, 0.15) is 0 Å². The molecule has 30 heavy (non-hydrogen) atoms. The lowest BCUT2D eigenvalue weighted by molar-refractivity contribution is 0.0953. The van der Waals surface area contributed by atoms with E-state index in [1.54, 1.807) is 48.5 Å². The zero-order valence-electron chi connectivity index (χ0n) is 16.0. The molecule has 3 rings (SSSR count). The van der Waals surface area contributed by atoms with Gasteiger partial charge in [-0.2, -0.15) is 0 Å². The molecule has 0 radical (unpaired) electrons. The first-order valence-corrected chi connectivity index (χ1v) is 10.1. The van der Waals surface area contributed by atoms with Crippen molar-refractivity contribution in [1.29, 1.82) is 0 Å². The standard InChI is InChI=1S/C23H20ClN3O2S/c24-19-12-6-4-10-17(19)22(29)27-23(30)26-20-13-7-5-11-18(20)21(28)25-15-14-16-8-2-1-3-9-16/h1-13H,14-15H2,(H,25,28)(H2,26,27,29,30). The molecule has 0 heterocycles. The van der Waals surface area contributed by atoms with Crippen molar-refractivity contribution in [3.8, 4) is 0 Å². The summed E-state index contributed by atoms with van der Waals surface area (Å²) in [6, 6.07) is 23.6. The number of para-hydroxylation sites is 1. The van der Waals surface area contributed by atoms with E-state index in [1.165, 1.54) is 0 Å². The monoisotopic (exact) mass is 437 g/mol. The summed E-state index contributed by atoms with van der Waals surface area (Å²) < 4.78 is 0. The minimum atomic E-state index is -0.428. The lowest BCUT2D eigenvalue weighted by atomic mass is 10.1. The summed E-state index contributed by atoms with van der Waals surface area (Å²) in [5, 5.41) is 8.81. The van der Waals surface area contributed by atoms with Gasteiger partial charge in [0.15, 0.2) is 5.11 Å². The fourth-order valence-corrected chi connectivity index (χ4v) is 3.24. The first-order valence-electron chi connectivity index (χ1n) is 9.32. The Bertz CT molecular complexity index is 1060. The highest BCUT2D eigenvalue weighted by Crippen LogP contribution is 2.16. The average molecular weight is 438 g/mol. The quantitative estimate of drug-likeness (QED) is 0.498. The SMILES string of the molecule is O=C(NC(=S)Nc1ccccc1C(=O)NCCc1ccccc1)c1ccccc1Cl. The van der Waals surface area contributed by atoms with Crippen LogP contribution in [0.25, 0.3) is 0 Å². The lowest BCUT2D eigenvalue weighted by Gasteiger charge is -2.14. The number of halogens is 1. The van der Waals surface area contributed by atoms with E-state index in [0.29, 0.717) is 28.4 Å². The molecule has 5 nitrogen and oxygen atoms in total. The van der Waals surface area contributed by atoms with Gasteiger partial charge < -0.3 is 10.6 Å². The smallest absolute Gasteiger partial charge is 0.258 e. The Kier molecular flexibility index (Phi) is 7.54. The van der Waals surface area contributed by atoms with E-state index in [9.17, 15) is 9.59 Å². The number of hydrogen-bond acceptors (Lipinski definition) is 3. The molecule has 0 aliphatic carbocycles. The largest absolute Gasteiger partial charge is 0.352 e. The van der Waals surface area contributed by atoms with Crippen molar-refractivity contribution in [2.45, 2.75) is 6.42 Å². The van der Waals surface area contributed by atoms with Crippen LogP contribution in [-0.2, 0) is 6.42 Å². The highest BCUT2D eigenvalue weighted by atomic mass is 35.5. The van der Waals surface area contributed by atoms with Crippen molar-refractivity contribution in [3.63, 3.8) is 0 Å². The van der Waals surface area contributed by atoms with Gasteiger partial charge in [-0.1, -0.05) is 66.2 Å². The Balaban J connectivity index is 1.60. The number of carbonyl (C=O) groups excluding carboxylic acids is 2. The Hall–Kier alpha value is -3.22. The van der Waals surface area contributed by atoms with Crippen LogP contribution in [0, 0.1) is 0 Å². The molecule has 0 aliphatic heterocycles. The lowest BCUT2D eigenvalue weighted by Crippen LogP contribution is -2.35. The fourth-order valence-electron chi connectivity index (χ4n) is 2.82. The molecule has 152 valence electrons. The van der Waals surface area contributed by atoms with Gasteiger partial charge in [0.2, 0.25) is 0 Å². The van der Waals surface area contributed by atoms with Crippen LogP contribution >= 0.6 is 23.8 Å². The van der Waals surface area contributed by atoms with Crippen LogP contribution in [0.15, 0.2) is 78.9 Å². The van der Waals surface area contributed by atoms with Gasteiger partial charge in [-0.25, -0.2) is 0 Å². The van der Waals surface area contributed by atoms with Gasteiger partial charge in [0, 0.05) is 6.54 Å². The zero-order valence-corrected chi connectivity index (χ0v) is 17.6. The summed E-state index contributed by atoms with van der Waals surface area (Å²) in [6.07, 6.45) is 0.731. The van der Waals surface area contributed by atoms with Crippen LogP contribution in [0.2, 0.25) is 5.02 Å². The minimum absolute atomic E-state index is 0.0736. The first-order chi connectivity index (χ1) is 14.5. The van der Waals surface area contributed by atoms with Crippen molar-refractivity contribution in [2.75, 3.05) is 11.9 Å². The number of nitrogens with one attached hydrogen (secondary N) is 3. The van der Waals surface area contributed by atoms with Crippen LogP contribution in [0.4, 0.5) is 5.69 Å². The second-order valence-corrected chi connectivity index (χ2v) is 7.24.